The summed E-state index contributed by atoms with van der Waals surface area (Å²) in [5.41, 5.74) is -0.756. The summed E-state index contributed by atoms with van der Waals surface area (Å²) in [4.78, 5) is 13.9. The van der Waals surface area contributed by atoms with Gasteiger partial charge in [0.25, 0.3) is 5.69 Å². The van der Waals surface area contributed by atoms with Crippen LogP contribution in [0.25, 0.3) is 0 Å². The van der Waals surface area contributed by atoms with Crippen LogP contribution in [0, 0.1) is 21.4 Å². The zero-order valence-electron chi connectivity index (χ0n) is 11.9. The number of nitro groups is 1. The topological polar surface area (TPSA) is 101 Å². The molecule has 0 aliphatic carbocycles. The fourth-order valence-corrected chi connectivity index (χ4v) is 1.74. The Morgan fingerprint density at radius 3 is 2.62 bits per heavy atom. The molecule has 0 unspecified atom stereocenters. The van der Waals surface area contributed by atoms with Crippen molar-refractivity contribution in [2.24, 2.45) is 0 Å². The second kappa shape index (κ2) is 6.82. The van der Waals surface area contributed by atoms with Crippen LogP contribution in [0.4, 0.5) is 24.5 Å². The lowest BCUT2D eigenvalue weighted by molar-refractivity contribution is -0.384. The number of hydrogen-bond donors (Lipinski definition) is 1. The summed E-state index contributed by atoms with van der Waals surface area (Å²) in [6.45, 7) is -1.40. The molecule has 10 heteroatoms. The van der Waals surface area contributed by atoms with Gasteiger partial charge in [0.2, 0.25) is 0 Å². The molecule has 0 spiro atoms. The molecular formula is C14H9F3N4O3. The van der Waals surface area contributed by atoms with E-state index in [1.54, 1.807) is 6.07 Å². The molecule has 1 aromatic carbocycles. The van der Waals surface area contributed by atoms with Crippen LogP contribution in [-0.4, -0.2) is 22.6 Å². The van der Waals surface area contributed by atoms with E-state index in [0.717, 1.165) is 12.1 Å². The minimum Gasteiger partial charge on any atom is -0.457 e. The van der Waals surface area contributed by atoms with Crippen molar-refractivity contribution in [2.45, 2.75) is 6.18 Å². The monoisotopic (exact) mass is 338 g/mol. The first-order chi connectivity index (χ1) is 11.3. The predicted molar refractivity (Wildman–Crippen MR) is 76.7 cm³/mol. The van der Waals surface area contributed by atoms with Crippen molar-refractivity contribution < 1.29 is 22.8 Å². The predicted octanol–water partition coefficient (Wildman–Crippen LogP) is 3.63. The van der Waals surface area contributed by atoms with E-state index >= 15 is 0 Å². The van der Waals surface area contributed by atoms with Crippen molar-refractivity contribution in [1.82, 2.24) is 4.98 Å². The zero-order chi connectivity index (χ0) is 17.7. The molecule has 7 nitrogen and oxygen atoms in total. The van der Waals surface area contributed by atoms with Gasteiger partial charge in [-0.2, -0.15) is 18.4 Å². The van der Waals surface area contributed by atoms with Gasteiger partial charge in [-0.25, -0.2) is 4.98 Å². The molecular weight excluding hydrogens is 329 g/mol. The highest BCUT2D eigenvalue weighted by atomic mass is 19.4. The van der Waals surface area contributed by atoms with Crippen LogP contribution in [0.2, 0.25) is 0 Å². The highest BCUT2D eigenvalue weighted by Gasteiger charge is 2.28. The number of nitro benzene ring substituents is 1. The Kier molecular flexibility index (Phi) is 4.84. The number of pyridine rings is 1. The number of nitrogens with one attached hydrogen (secondary N) is 1. The number of anilines is 1. The lowest BCUT2D eigenvalue weighted by atomic mass is 10.2. The number of rotatable bonds is 5. The quantitative estimate of drug-likeness (QED) is 0.660. The van der Waals surface area contributed by atoms with Crippen molar-refractivity contribution in [3.63, 3.8) is 0 Å². The summed E-state index contributed by atoms with van der Waals surface area (Å²) >= 11 is 0. The number of aromatic nitrogens is 1. The SMILES string of the molecule is N#Cc1cc(Oc2ccc(NCC(F)(F)F)c([N+](=O)[O-])c2)ccn1. The third-order valence-corrected chi connectivity index (χ3v) is 2.73. The smallest absolute Gasteiger partial charge is 0.405 e. The number of ether oxygens (including phenoxy) is 1. The standard InChI is InChI=1S/C14H9F3N4O3/c15-14(16,17)8-20-12-2-1-10(6-13(12)21(22)23)24-11-3-4-19-9(5-11)7-18/h1-6,20H,8H2. The molecule has 0 saturated heterocycles. The highest BCUT2D eigenvalue weighted by molar-refractivity contribution is 5.64. The highest BCUT2D eigenvalue weighted by Crippen LogP contribution is 2.32. The van der Waals surface area contributed by atoms with Crippen molar-refractivity contribution in [3.05, 3.63) is 52.3 Å². The molecule has 0 radical (unpaired) electrons. The van der Waals surface area contributed by atoms with Crippen LogP contribution in [-0.2, 0) is 0 Å². The van der Waals surface area contributed by atoms with Gasteiger partial charge in [0.1, 0.15) is 35.5 Å². The molecule has 0 amide bonds. The molecule has 1 aromatic heterocycles. The molecule has 2 aromatic rings. The summed E-state index contributed by atoms with van der Waals surface area (Å²) in [5.74, 6) is 0.251. The van der Waals surface area contributed by atoms with Gasteiger partial charge in [0, 0.05) is 12.3 Å². The van der Waals surface area contributed by atoms with E-state index < -0.39 is 23.3 Å². The van der Waals surface area contributed by atoms with Gasteiger partial charge in [0.05, 0.1) is 11.0 Å². The van der Waals surface area contributed by atoms with E-state index in [4.69, 9.17) is 10.00 Å². The summed E-state index contributed by atoms with van der Waals surface area (Å²) < 4.78 is 42.0. The Labute approximate surface area is 133 Å². The summed E-state index contributed by atoms with van der Waals surface area (Å²) in [7, 11) is 0. The summed E-state index contributed by atoms with van der Waals surface area (Å²) in [6, 6.07) is 7.94. The van der Waals surface area contributed by atoms with Gasteiger partial charge < -0.3 is 10.1 Å². The van der Waals surface area contributed by atoms with Crippen LogP contribution in [0.3, 0.4) is 0 Å². The van der Waals surface area contributed by atoms with E-state index in [1.807, 2.05) is 5.32 Å². The maximum Gasteiger partial charge on any atom is 0.405 e. The van der Waals surface area contributed by atoms with E-state index in [-0.39, 0.29) is 22.9 Å². The largest absolute Gasteiger partial charge is 0.457 e. The molecule has 0 bridgehead atoms. The van der Waals surface area contributed by atoms with Gasteiger partial charge in [0.15, 0.2) is 0 Å². The molecule has 0 saturated carbocycles. The van der Waals surface area contributed by atoms with Gasteiger partial charge >= 0.3 is 6.18 Å². The Morgan fingerprint density at radius 1 is 1.29 bits per heavy atom. The first-order valence-corrected chi connectivity index (χ1v) is 6.41. The maximum atomic E-state index is 12.2. The molecule has 0 atom stereocenters. The van der Waals surface area contributed by atoms with Gasteiger partial charge in [-0.1, -0.05) is 0 Å². The molecule has 0 fully saturated rings. The molecule has 0 aliphatic rings. The summed E-state index contributed by atoms with van der Waals surface area (Å²) in [6.07, 6.45) is -3.19. The average Bonchev–Trinajstić information content (AvgIpc) is 2.53. The summed E-state index contributed by atoms with van der Waals surface area (Å²) in [5, 5.41) is 21.7. The Balaban J connectivity index is 2.25. The number of nitrogens with zero attached hydrogens (tertiary/aromatic N) is 3. The third kappa shape index (κ3) is 4.57. The third-order valence-electron chi connectivity index (χ3n) is 2.73. The molecule has 124 valence electrons. The fourth-order valence-electron chi connectivity index (χ4n) is 1.74. The molecule has 0 aliphatic heterocycles. The molecule has 1 heterocycles. The van der Waals surface area contributed by atoms with E-state index in [2.05, 4.69) is 4.98 Å². The number of benzene rings is 1. The van der Waals surface area contributed by atoms with Crippen LogP contribution in [0.1, 0.15) is 5.69 Å². The minimum atomic E-state index is -4.51. The van der Waals surface area contributed by atoms with Crippen molar-refractivity contribution in [3.8, 4) is 17.6 Å². The van der Waals surface area contributed by atoms with Crippen LogP contribution in [0.15, 0.2) is 36.5 Å². The van der Waals surface area contributed by atoms with Crippen LogP contribution in [0.5, 0.6) is 11.5 Å². The zero-order valence-corrected chi connectivity index (χ0v) is 11.9. The Bertz CT molecular complexity index is 803. The number of hydrogen-bond acceptors (Lipinski definition) is 6. The van der Waals surface area contributed by atoms with Gasteiger partial charge in [-0.05, 0) is 18.2 Å². The number of halogens is 3. The van der Waals surface area contributed by atoms with Crippen LogP contribution < -0.4 is 10.1 Å². The first kappa shape index (κ1) is 17.0. The second-order valence-corrected chi connectivity index (χ2v) is 4.50. The molecule has 1 N–H and O–H groups in total. The van der Waals surface area contributed by atoms with Crippen LogP contribution >= 0.6 is 0 Å². The normalized spacial score (nSPS) is 10.8. The van der Waals surface area contributed by atoms with E-state index in [0.29, 0.717) is 0 Å². The maximum absolute atomic E-state index is 12.2. The average molecular weight is 338 g/mol. The fraction of sp³-hybridized carbons (Fsp3) is 0.143. The van der Waals surface area contributed by atoms with Gasteiger partial charge in [-0.3, -0.25) is 10.1 Å². The van der Waals surface area contributed by atoms with E-state index in [9.17, 15) is 23.3 Å². The number of nitriles is 1. The lowest BCUT2D eigenvalue weighted by Gasteiger charge is -2.11. The Hall–Kier alpha value is -3.35. The molecule has 24 heavy (non-hydrogen) atoms. The lowest BCUT2D eigenvalue weighted by Crippen LogP contribution is -2.21. The first-order valence-electron chi connectivity index (χ1n) is 6.41. The van der Waals surface area contributed by atoms with E-state index in [1.165, 1.54) is 24.4 Å². The second-order valence-electron chi connectivity index (χ2n) is 4.50. The minimum absolute atomic E-state index is 0.0364. The van der Waals surface area contributed by atoms with Crippen molar-refractivity contribution >= 4 is 11.4 Å². The van der Waals surface area contributed by atoms with Crippen molar-refractivity contribution in [2.75, 3.05) is 11.9 Å². The Morgan fingerprint density at radius 2 is 2.00 bits per heavy atom. The van der Waals surface area contributed by atoms with Gasteiger partial charge in [-0.15, -0.1) is 0 Å². The van der Waals surface area contributed by atoms with Crippen molar-refractivity contribution in [1.29, 1.82) is 5.26 Å². The number of alkyl halides is 3. The molecule has 2 rings (SSSR count).